The maximum absolute atomic E-state index is 12.4. The largest absolute Gasteiger partial charge is 0.394 e. The molecule has 2 fully saturated rings. The average molecular weight is 434 g/mol. The van der Waals surface area contributed by atoms with Crippen molar-refractivity contribution in [3.8, 4) is 0 Å². The number of imidazole rings is 1. The van der Waals surface area contributed by atoms with Gasteiger partial charge in [0.2, 0.25) is 0 Å². The van der Waals surface area contributed by atoms with Crippen LogP contribution in [0.1, 0.15) is 51.3 Å². The standard InChI is InChI=1S/C20H30N6O5/c1-11-3-2-6-20(30,7-11)19-24-16(21)14-17(25-19)26(9-22-14)10-31-15(13(28)8-27)18(29)23-12-4-5-12/h9,11-13,15,27-28,30H,2-8,10H2,1H3,(H,23,29)(H2,21,24,25)/t11-,13?,15?,20?/m0/s1. The maximum Gasteiger partial charge on any atom is 0.252 e. The number of nitrogens with one attached hydrogen (secondary N) is 1. The number of hydrogen-bond acceptors (Lipinski definition) is 9. The second kappa shape index (κ2) is 8.65. The van der Waals surface area contributed by atoms with Gasteiger partial charge in [-0.3, -0.25) is 9.36 Å². The van der Waals surface area contributed by atoms with Crippen molar-refractivity contribution in [2.45, 2.75) is 76.0 Å². The minimum atomic E-state index is -1.37. The third-order valence-corrected chi connectivity index (χ3v) is 5.99. The molecule has 1 amide bonds. The summed E-state index contributed by atoms with van der Waals surface area (Å²) in [5.74, 6) is 0.278. The molecule has 0 bridgehead atoms. The van der Waals surface area contributed by atoms with Gasteiger partial charge in [0.15, 0.2) is 23.4 Å². The van der Waals surface area contributed by atoms with E-state index in [0.29, 0.717) is 29.9 Å². The number of nitrogen functional groups attached to an aromatic ring is 1. The van der Waals surface area contributed by atoms with Crippen LogP contribution >= 0.6 is 0 Å². The van der Waals surface area contributed by atoms with Gasteiger partial charge in [-0.05, 0) is 38.0 Å². The Balaban J connectivity index is 1.57. The Labute approximate surface area is 179 Å². The van der Waals surface area contributed by atoms with Gasteiger partial charge >= 0.3 is 0 Å². The number of amides is 1. The Kier molecular flexibility index (Phi) is 6.11. The minimum absolute atomic E-state index is 0.0901. The summed E-state index contributed by atoms with van der Waals surface area (Å²) in [7, 11) is 0. The van der Waals surface area contributed by atoms with Crippen LogP contribution in [0.3, 0.4) is 0 Å². The molecule has 2 saturated carbocycles. The fourth-order valence-corrected chi connectivity index (χ4v) is 4.12. The summed E-state index contributed by atoms with van der Waals surface area (Å²) in [6.07, 6.45) is 3.64. The normalized spacial score (nSPS) is 26.0. The van der Waals surface area contributed by atoms with Crippen LogP contribution in [0.15, 0.2) is 6.33 Å². The van der Waals surface area contributed by atoms with E-state index in [0.717, 1.165) is 25.7 Å². The lowest BCUT2D eigenvalue weighted by molar-refractivity contribution is -0.147. The number of aromatic nitrogens is 4. The molecule has 3 unspecified atom stereocenters. The maximum atomic E-state index is 12.4. The molecule has 0 aliphatic heterocycles. The third kappa shape index (κ3) is 4.64. The molecule has 2 heterocycles. The molecule has 2 aromatic heterocycles. The van der Waals surface area contributed by atoms with Crippen LogP contribution in [0.2, 0.25) is 0 Å². The Morgan fingerprint density at radius 3 is 2.87 bits per heavy atom. The number of nitrogens with zero attached hydrogens (tertiary/aromatic N) is 4. The first-order chi connectivity index (χ1) is 14.8. The first-order valence-corrected chi connectivity index (χ1v) is 10.7. The molecule has 2 aromatic rings. The van der Waals surface area contributed by atoms with E-state index in [-0.39, 0.29) is 24.4 Å². The number of aliphatic hydroxyl groups is 3. The van der Waals surface area contributed by atoms with Gasteiger partial charge in [0, 0.05) is 6.04 Å². The van der Waals surface area contributed by atoms with Gasteiger partial charge in [-0.25, -0.2) is 15.0 Å². The fourth-order valence-electron chi connectivity index (χ4n) is 4.12. The van der Waals surface area contributed by atoms with E-state index < -0.39 is 30.3 Å². The summed E-state index contributed by atoms with van der Waals surface area (Å²) in [5.41, 5.74) is 5.67. The molecule has 2 aliphatic rings. The Morgan fingerprint density at radius 2 is 2.19 bits per heavy atom. The topological polar surface area (TPSA) is 169 Å². The lowest BCUT2D eigenvalue weighted by Gasteiger charge is -2.34. The van der Waals surface area contributed by atoms with Crippen molar-refractivity contribution in [3.63, 3.8) is 0 Å². The van der Waals surface area contributed by atoms with Crippen molar-refractivity contribution in [2.24, 2.45) is 5.92 Å². The van der Waals surface area contributed by atoms with Crippen molar-refractivity contribution < 1.29 is 24.9 Å². The SMILES string of the molecule is C[C@H]1CCCC(O)(c2nc(N)c3ncn(COC(C(=O)NC4CC4)C(O)CO)c3n2)C1. The average Bonchev–Trinajstić information content (AvgIpc) is 3.44. The highest BCUT2D eigenvalue weighted by Gasteiger charge is 2.38. The molecule has 4 rings (SSSR count). The molecule has 6 N–H and O–H groups in total. The molecule has 0 aromatic carbocycles. The van der Waals surface area contributed by atoms with E-state index in [1.165, 1.54) is 10.9 Å². The molecule has 0 spiro atoms. The van der Waals surface area contributed by atoms with Crippen LogP contribution in [0.4, 0.5) is 5.82 Å². The number of anilines is 1. The van der Waals surface area contributed by atoms with Crippen LogP contribution in [-0.4, -0.2) is 65.6 Å². The van der Waals surface area contributed by atoms with Gasteiger partial charge in [-0.2, -0.15) is 0 Å². The summed E-state index contributed by atoms with van der Waals surface area (Å²) < 4.78 is 7.18. The van der Waals surface area contributed by atoms with Gasteiger partial charge in [-0.15, -0.1) is 0 Å². The summed E-state index contributed by atoms with van der Waals surface area (Å²) in [5, 5.41) is 33.3. The fraction of sp³-hybridized carbons (Fsp3) is 0.700. The second-order valence-electron chi connectivity index (χ2n) is 8.80. The Hall–Kier alpha value is -2.34. The van der Waals surface area contributed by atoms with Crippen molar-refractivity contribution in [3.05, 3.63) is 12.2 Å². The number of rotatable bonds is 8. The van der Waals surface area contributed by atoms with Gasteiger partial charge in [0.25, 0.3) is 5.91 Å². The number of carbonyl (C=O) groups excluding carboxylic acids is 1. The van der Waals surface area contributed by atoms with Crippen molar-refractivity contribution in [1.82, 2.24) is 24.8 Å². The molecular weight excluding hydrogens is 404 g/mol. The van der Waals surface area contributed by atoms with Gasteiger partial charge in [0.1, 0.15) is 24.0 Å². The van der Waals surface area contributed by atoms with Crippen LogP contribution < -0.4 is 11.1 Å². The first kappa shape index (κ1) is 21.9. The van der Waals surface area contributed by atoms with Gasteiger partial charge < -0.3 is 31.1 Å². The lowest BCUT2D eigenvalue weighted by Crippen LogP contribution is -2.46. The monoisotopic (exact) mass is 434 g/mol. The van der Waals surface area contributed by atoms with E-state index >= 15 is 0 Å². The van der Waals surface area contributed by atoms with Crippen molar-refractivity contribution >= 4 is 22.9 Å². The van der Waals surface area contributed by atoms with Crippen molar-refractivity contribution in [2.75, 3.05) is 12.3 Å². The van der Waals surface area contributed by atoms with E-state index in [2.05, 4.69) is 27.2 Å². The number of carbonyl (C=O) groups is 1. The van der Waals surface area contributed by atoms with Crippen molar-refractivity contribution in [1.29, 1.82) is 0 Å². The number of nitrogens with two attached hydrogens (primary N) is 1. The number of aliphatic hydroxyl groups excluding tert-OH is 2. The molecule has 2 aliphatic carbocycles. The van der Waals surface area contributed by atoms with E-state index in [4.69, 9.17) is 10.5 Å². The van der Waals surface area contributed by atoms with Crippen LogP contribution in [-0.2, 0) is 21.9 Å². The van der Waals surface area contributed by atoms with E-state index in [9.17, 15) is 20.1 Å². The van der Waals surface area contributed by atoms with E-state index in [1.807, 2.05) is 0 Å². The molecule has 0 radical (unpaired) electrons. The highest BCUT2D eigenvalue weighted by Crippen LogP contribution is 2.39. The van der Waals surface area contributed by atoms with E-state index in [1.54, 1.807) is 0 Å². The second-order valence-corrected chi connectivity index (χ2v) is 8.80. The Bertz CT molecular complexity index is 948. The zero-order chi connectivity index (χ0) is 22.2. The van der Waals surface area contributed by atoms with Crippen LogP contribution in [0.5, 0.6) is 0 Å². The summed E-state index contributed by atoms with van der Waals surface area (Å²) in [4.78, 5) is 25.5. The zero-order valence-electron chi connectivity index (χ0n) is 17.6. The smallest absolute Gasteiger partial charge is 0.252 e. The molecule has 31 heavy (non-hydrogen) atoms. The summed E-state index contributed by atoms with van der Waals surface area (Å²) in [6.45, 7) is 1.32. The predicted molar refractivity (Wildman–Crippen MR) is 110 cm³/mol. The number of hydrogen-bond donors (Lipinski definition) is 5. The van der Waals surface area contributed by atoms with Crippen LogP contribution in [0, 0.1) is 5.92 Å². The third-order valence-electron chi connectivity index (χ3n) is 5.99. The van der Waals surface area contributed by atoms with Gasteiger partial charge in [0.05, 0.1) is 12.9 Å². The summed E-state index contributed by atoms with van der Waals surface area (Å²) >= 11 is 0. The lowest BCUT2D eigenvalue weighted by atomic mass is 9.78. The molecule has 170 valence electrons. The number of fused-ring (bicyclic) bond motifs is 1. The summed E-state index contributed by atoms with van der Waals surface area (Å²) in [6, 6.07) is 0.0901. The molecule has 0 saturated heterocycles. The quantitative estimate of drug-likeness (QED) is 0.377. The highest BCUT2D eigenvalue weighted by atomic mass is 16.5. The molecule has 11 nitrogen and oxygen atoms in total. The molecular formula is C20H30N6O5. The Morgan fingerprint density at radius 1 is 1.42 bits per heavy atom. The highest BCUT2D eigenvalue weighted by molar-refractivity contribution is 5.82. The molecule has 11 heteroatoms. The van der Waals surface area contributed by atoms with Crippen LogP contribution in [0.25, 0.3) is 11.2 Å². The predicted octanol–water partition coefficient (Wildman–Crippen LogP) is -0.219. The first-order valence-electron chi connectivity index (χ1n) is 10.7. The molecule has 4 atom stereocenters. The minimum Gasteiger partial charge on any atom is -0.394 e. The zero-order valence-corrected chi connectivity index (χ0v) is 17.6. The number of ether oxygens (including phenoxy) is 1. The van der Waals surface area contributed by atoms with Gasteiger partial charge in [-0.1, -0.05) is 13.3 Å².